The van der Waals surface area contributed by atoms with Crippen molar-refractivity contribution in [1.82, 2.24) is 0 Å². The predicted molar refractivity (Wildman–Crippen MR) is 43.3 cm³/mol. The van der Waals surface area contributed by atoms with Gasteiger partial charge in [0.25, 0.3) is 0 Å². The Kier molecular flexibility index (Phi) is 2.00. The van der Waals surface area contributed by atoms with Crippen molar-refractivity contribution in [2.45, 2.75) is 37.6 Å². The first kappa shape index (κ1) is 7.61. The second-order valence-electron chi connectivity index (χ2n) is 3.24. The van der Waals surface area contributed by atoms with E-state index < -0.39 is 0 Å². The van der Waals surface area contributed by atoms with E-state index >= 15 is 0 Å². The summed E-state index contributed by atoms with van der Waals surface area (Å²) in [5.41, 5.74) is 12.0. The molecule has 2 nitrogen and oxygen atoms in total. The maximum Gasteiger partial charge on any atom is 0.0550 e. The molecule has 10 heavy (non-hydrogen) atoms. The van der Waals surface area contributed by atoms with Gasteiger partial charge in [0.1, 0.15) is 0 Å². The zero-order valence-corrected chi connectivity index (χ0v) is 6.40. The topological polar surface area (TPSA) is 52.0 Å². The second kappa shape index (κ2) is 2.62. The van der Waals surface area contributed by atoms with Gasteiger partial charge in [0.15, 0.2) is 0 Å². The molecule has 0 unspecified atom stereocenters. The van der Waals surface area contributed by atoms with E-state index in [1.165, 1.54) is 19.3 Å². The molecule has 0 radical (unpaired) electrons. The second-order valence-corrected chi connectivity index (χ2v) is 3.24. The lowest BCUT2D eigenvalue weighted by Gasteiger charge is -2.33. The Morgan fingerprint density at radius 1 is 1.20 bits per heavy atom. The lowest BCUT2D eigenvalue weighted by atomic mass is 9.81. The molecule has 0 aliphatic heterocycles. The van der Waals surface area contributed by atoms with E-state index in [4.69, 9.17) is 11.5 Å². The summed E-state index contributed by atoms with van der Waals surface area (Å²) >= 11 is 0. The molecule has 1 rings (SSSR count). The fraction of sp³-hybridized carbons (Fsp3) is 0.750. The molecule has 58 valence electrons. The lowest BCUT2D eigenvalue weighted by Crippen LogP contribution is -2.45. The van der Waals surface area contributed by atoms with E-state index in [1.54, 1.807) is 0 Å². The van der Waals surface area contributed by atoms with Crippen LogP contribution in [0.1, 0.15) is 32.1 Å². The first-order valence-electron chi connectivity index (χ1n) is 3.89. The molecule has 0 aromatic heterocycles. The largest absolute Gasteiger partial charge is 0.401 e. The summed E-state index contributed by atoms with van der Waals surface area (Å²) in [4.78, 5) is 0. The Balaban J connectivity index is 2.56. The van der Waals surface area contributed by atoms with Gasteiger partial charge in [-0.15, -0.1) is 0 Å². The van der Waals surface area contributed by atoms with Crippen LogP contribution in [-0.4, -0.2) is 5.54 Å². The van der Waals surface area contributed by atoms with Gasteiger partial charge in [0.2, 0.25) is 0 Å². The Morgan fingerprint density at radius 2 is 1.70 bits per heavy atom. The quantitative estimate of drug-likeness (QED) is 0.573. The summed E-state index contributed by atoms with van der Waals surface area (Å²) in [6.45, 7) is 3.70. The van der Waals surface area contributed by atoms with Crippen LogP contribution >= 0.6 is 0 Å². The van der Waals surface area contributed by atoms with Gasteiger partial charge in [-0.25, -0.2) is 0 Å². The Labute approximate surface area is 62.3 Å². The minimum Gasteiger partial charge on any atom is -0.401 e. The monoisotopic (exact) mass is 140 g/mol. The molecular formula is C8H16N2. The summed E-state index contributed by atoms with van der Waals surface area (Å²) in [5, 5.41) is 0. The van der Waals surface area contributed by atoms with E-state index in [-0.39, 0.29) is 5.54 Å². The van der Waals surface area contributed by atoms with Crippen LogP contribution < -0.4 is 11.5 Å². The van der Waals surface area contributed by atoms with E-state index in [0.717, 1.165) is 12.8 Å². The highest BCUT2D eigenvalue weighted by atomic mass is 14.8. The zero-order valence-electron chi connectivity index (χ0n) is 6.40. The van der Waals surface area contributed by atoms with E-state index in [2.05, 4.69) is 6.58 Å². The van der Waals surface area contributed by atoms with Crippen molar-refractivity contribution in [2.75, 3.05) is 0 Å². The molecule has 1 saturated carbocycles. The maximum absolute atomic E-state index is 5.98. The van der Waals surface area contributed by atoms with Gasteiger partial charge in [-0.2, -0.15) is 0 Å². The first-order chi connectivity index (χ1) is 4.65. The van der Waals surface area contributed by atoms with Gasteiger partial charge >= 0.3 is 0 Å². The van der Waals surface area contributed by atoms with Crippen LogP contribution in [0.15, 0.2) is 12.3 Å². The minimum absolute atomic E-state index is 0.238. The van der Waals surface area contributed by atoms with Gasteiger partial charge in [-0.3, -0.25) is 0 Å². The summed E-state index contributed by atoms with van der Waals surface area (Å²) in [5.74, 6) is 0. The van der Waals surface area contributed by atoms with Crippen molar-refractivity contribution in [3.05, 3.63) is 12.3 Å². The van der Waals surface area contributed by atoms with Gasteiger partial charge < -0.3 is 11.5 Å². The molecule has 0 aromatic rings. The lowest BCUT2D eigenvalue weighted by molar-refractivity contribution is 0.340. The molecule has 1 aliphatic carbocycles. The van der Waals surface area contributed by atoms with E-state index in [0.29, 0.717) is 5.70 Å². The highest BCUT2D eigenvalue weighted by molar-refractivity contribution is 5.12. The van der Waals surface area contributed by atoms with Crippen LogP contribution in [0.2, 0.25) is 0 Å². The molecule has 1 fully saturated rings. The molecule has 0 saturated heterocycles. The fourth-order valence-electron chi connectivity index (χ4n) is 1.50. The van der Waals surface area contributed by atoms with E-state index in [1.807, 2.05) is 0 Å². The van der Waals surface area contributed by atoms with Crippen molar-refractivity contribution in [3.8, 4) is 0 Å². The van der Waals surface area contributed by atoms with Crippen LogP contribution in [0.3, 0.4) is 0 Å². The number of hydrogen-bond acceptors (Lipinski definition) is 2. The average molecular weight is 140 g/mol. The molecule has 0 bridgehead atoms. The molecule has 1 aliphatic rings. The number of rotatable bonds is 1. The van der Waals surface area contributed by atoms with Crippen LogP contribution in [0, 0.1) is 0 Å². The predicted octanol–water partition coefficient (Wildman–Crippen LogP) is 1.12. The molecular weight excluding hydrogens is 124 g/mol. The van der Waals surface area contributed by atoms with Crippen LogP contribution in [0.25, 0.3) is 0 Å². The van der Waals surface area contributed by atoms with Crippen molar-refractivity contribution in [2.24, 2.45) is 11.5 Å². The van der Waals surface area contributed by atoms with Crippen molar-refractivity contribution < 1.29 is 0 Å². The average Bonchev–Trinajstić information content (AvgIpc) is 1.89. The highest BCUT2D eigenvalue weighted by Gasteiger charge is 2.28. The third kappa shape index (κ3) is 1.32. The Bertz CT molecular complexity index is 134. The molecule has 0 heterocycles. The van der Waals surface area contributed by atoms with Gasteiger partial charge in [-0.1, -0.05) is 25.8 Å². The van der Waals surface area contributed by atoms with Gasteiger partial charge in [0.05, 0.1) is 5.54 Å². The van der Waals surface area contributed by atoms with E-state index in [9.17, 15) is 0 Å². The molecule has 0 amide bonds. The standard InChI is InChI=1S/C8H16N2/c1-7(9)8(10)5-3-2-4-6-8/h1-6,9-10H2. The minimum atomic E-state index is -0.238. The fourth-order valence-corrected chi connectivity index (χ4v) is 1.50. The van der Waals surface area contributed by atoms with Gasteiger partial charge in [0, 0.05) is 5.70 Å². The molecule has 0 aromatic carbocycles. The zero-order chi connectivity index (χ0) is 7.61. The summed E-state index contributed by atoms with van der Waals surface area (Å²) in [6, 6.07) is 0. The molecule has 4 N–H and O–H groups in total. The summed E-state index contributed by atoms with van der Waals surface area (Å²) < 4.78 is 0. The summed E-state index contributed by atoms with van der Waals surface area (Å²) in [6.07, 6.45) is 5.73. The molecule has 0 atom stereocenters. The molecule has 2 heteroatoms. The number of nitrogens with two attached hydrogens (primary N) is 2. The highest BCUT2D eigenvalue weighted by Crippen LogP contribution is 2.28. The van der Waals surface area contributed by atoms with Gasteiger partial charge in [-0.05, 0) is 12.8 Å². The Morgan fingerprint density at radius 3 is 2.00 bits per heavy atom. The number of hydrogen-bond donors (Lipinski definition) is 2. The smallest absolute Gasteiger partial charge is 0.0550 e. The first-order valence-corrected chi connectivity index (χ1v) is 3.89. The summed E-state index contributed by atoms with van der Waals surface area (Å²) in [7, 11) is 0. The maximum atomic E-state index is 5.98. The SMILES string of the molecule is C=C(N)C1(N)CCCCC1. The Hall–Kier alpha value is -0.500. The van der Waals surface area contributed by atoms with Crippen molar-refractivity contribution >= 4 is 0 Å². The third-order valence-electron chi connectivity index (χ3n) is 2.39. The van der Waals surface area contributed by atoms with Crippen LogP contribution in [0.4, 0.5) is 0 Å². The molecule has 0 spiro atoms. The normalized spacial score (nSPS) is 24.1. The van der Waals surface area contributed by atoms with Crippen LogP contribution in [-0.2, 0) is 0 Å². The van der Waals surface area contributed by atoms with Crippen LogP contribution in [0.5, 0.6) is 0 Å². The third-order valence-corrected chi connectivity index (χ3v) is 2.39. The van der Waals surface area contributed by atoms with Crippen molar-refractivity contribution in [1.29, 1.82) is 0 Å². The van der Waals surface area contributed by atoms with Crippen molar-refractivity contribution in [3.63, 3.8) is 0 Å².